The standard InChI is InChI=1S/C5H11NO2.CHF3O3S/c1-3(2)4(6)5(7)8;2-1(3,4)8(5,6)7/h3-4H,6H2,1-2H3,(H,7,8);(H,5,6,7)/t4-;/m0./s1. The number of hydrogen-bond donors (Lipinski definition) is 3. The molecule has 0 aromatic rings. The zero-order chi connectivity index (χ0) is 13.7. The Bertz CT molecular complexity index is 324. The average molecular weight is 267 g/mol. The van der Waals surface area contributed by atoms with Crippen LogP contribution >= 0.6 is 0 Å². The van der Waals surface area contributed by atoms with Crippen molar-refractivity contribution in [2.75, 3.05) is 0 Å². The van der Waals surface area contributed by atoms with Crippen molar-refractivity contribution in [3.05, 3.63) is 0 Å². The van der Waals surface area contributed by atoms with E-state index in [2.05, 4.69) is 0 Å². The molecule has 0 aromatic carbocycles. The lowest BCUT2D eigenvalue weighted by atomic mass is 10.1. The molecule has 6 nitrogen and oxygen atoms in total. The van der Waals surface area contributed by atoms with E-state index >= 15 is 0 Å². The van der Waals surface area contributed by atoms with E-state index in [4.69, 9.17) is 23.8 Å². The van der Waals surface area contributed by atoms with E-state index < -0.39 is 27.6 Å². The summed E-state index contributed by atoms with van der Waals surface area (Å²) >= 11 is 0. The molecule has 0 unspecified atom stereocenters. The van der Waals surface area contributed by atoms with Crippen molar-refractivity contribution in [2.24, 2.45) is 11.7 Å². The van der Waals surface area contributed by atoms with E-state index in [-0.39, 0.29) is 5.92 Å². The van der Waals surface area contributed by atoms with Gasteiger partial charge in [0.25, 0.3) is 0 Å². The quantitative estimate of drug-likeness (QED) is 0.494. The Morgan fingerprint density at radius 1 is 1.31 bits per heavy atom. The van der Waals surface area contributed by atoms with Crippen molar-refractivity contribution in [3.63, 3.8) is 0 Å². The summed E-state index contributed by atoms with van der Waals surface area (Å²) in [5, 5.41) is 8.23. The zero-order valence-corrected chi connectivity index (χ0v) is 9.21. The maximum absolute atomic E-state index is 10.7. The minimum absolute atomic E-state index is 0.0208. The molecule has 0 bridgehead atoms. The lowest BCUT2D eigenvalue weighted by molar-refractivity contribution is -0.139. The van der Waals surface area contributed by atoms with Crippen molar-refractivity contribution in [1.82, 2.24) is 0 Å². The summed E-state index contributed by atoms with van der Waals surface area (Å²) < 4.78 is 57.5. The van der Waals surface area contributed by atoms with Gasteiger partial charge in [-0.15, -0.1) is 0 Å². The van der Waals surface area contributed by atoms with E-state index in [1.807, 2.05) is 0 Å². The van der Waals surface area contributed by atoms with Crippen LogP contribution in [0.2, 0.25) is 0 Å². The van der Waals surface area contributed by atoms with Gasteiger partial charge in [0.15, 0.2) is 0 Å². The lowest BCUT2D eigenvalue weighted by Gasteiger charge is -2.07. The normalized spacial score (nSPS) is 14.0. The van der Waals surface area contributed by atoms with Gasteiger partial charge < -0.3 is 10.8 Å². The Kier molecular flexibility index (Phi) is 6.58. The number of hydrogen-bond acceptors (Lipinski definition) is 4. The number of carboxylic acids is 1. The first-order valence-corrected chi connectivity index (χ1v) is 5.26. The molecule has 0 aliphatic heterocycles. The summed E-state index contributed by atoms with van der Waals surface area (Å²) in [6, 6.07) is -0.713. The zero-order valence-electron chi connectivity index (χ0n) is 8.39. The Morgan fingerprint density at radius 3 is 1.56 bits per heavy atom. The summed E-state index contributed by atoms with van der Waals surface area (Å²) in [6.07, 6.45) is 0. The molecule has 0 aromatic heterocycles. The minimum Gasteiger partial charge on any atom is -0.480 e. The highest BCUT2D eigenvalue weighted by molar-refractivity contribution is 7.86. The third-order valence-corrected chi connectivity index (χ3v) is 1.88. The van der Waals surface area contributed by atoms with Crippen molar-refractivity contribution in [1.29, 1.82) is 0 Å². The fraction of sp³-hybridized carbons (Fsp3) is 0.833. The van der Waals surface area contributed by atoms with Crippen LogP contribution in [0.5, 0.6) is 0 Å². The molecule has 0 radical (unpaired) electrons. The van der Waals surface area contributed by atoms with Crippen LogP contribution in [0.1, 0.15) is 13.8 Å². The first kappa shape index (κ1) is 17.5. The van der Waals surface area contributed by atoms with Crippen molar-refractivity contribution >= 4 is 16.1 Å². The monoisotopic (exact) mass is 267 g/mol. The molecule has 4 N–H and O–H groups in total. The van der Waals surface area contributed by atoms with E-state index in [1.165, 1.54) is 0 Å². The summed E-state index contributed by atoms with van der Waals surface area (Å²) in [5.74, 6) is -0.910. The Morgan fingerprint density at radius 2 is 1.56 bits per heavy atom. The number of carboxylic acid groups (broad SMARTS) is 1. The van der Waals surface area contributed by atoms with Crippen LogP contribution < -0.4 is 5.73 Å². The van der Waals surface area contributed by atoms with Gasteiger partial charge in [0.05, 0.1) is 0 Å². The number of aliphatic carboxylic acids is 1. The van der Waals surface area contributed by atoms with Crippen LogP contribution in [0, 0.1) is 5.92 Å². The second-order valence-corrected chi connectivity index (χ2v) is 4.44. The first-order valence-electron chi connectivity index (χ1n) is 3.82. The second kappa shape index (κ2) is 6.01. The molecule has 0 aliphatic rings. The van der Waals surface area contributed by atoms with E-state index in [9.17, 15) is 18.0 Å². The van der Waals surface area contributed by atoms with Gasteiger partial charge in [0.1, 0.15) is 6.04 Å². The molecule has 0 fully saturated rings. The highest BCUT2D eigenvalue weighted by atomic mass is 32.2. The SMILES string of the molecule is CC(C)[C@H](N)C(=O)O.O=S(=O)(O)C(F)(F)F. The van der Waals surface area contributed by atoms with Gasteiger partial charge in [0.2, 0.25) is 0 Å². The van der Waals surface area contributed by atoms with Gasteiger partial charge in [0, 0.05) is 0 Å². The fourth-order valence-electron chi connectivity index (χ4n) is 0.285. The van der Waals surface area contributed by atoms with Gasteiger partial charge in [-0.05, 0) is 5.92 Å². The topological polar surface area (TPSA) is 118 Å². The van der Waals surface area contributed by atoms with Crippen molar-refractivity contribution < 1.29 is 36.0 Å². The Balaban J connectivity index is 0. The van der Waals surface area contributed by atoms with Gasteiger partial charge in [-0.3, -0.25) is 9.35 Å². The summed E-state index contributed by atoms with van der Waals surface area (Å²) in [7, 11) is -5.84. The molecule has 0 amide bonds. The molecule has 10 heteroatoms. The van der Waals surface area contributed by atoms with Crippen LogP contribution in [0.15, 0.2) is 0 Å². The molecular formula is C6H12F3NO5S. The smallest absolute Gasteiger partial charge is 0.480 e. The van der Waals surface area contributed by atoms with Gasteiger partial charge in [-0.1, -0.05) is 13.8 Å². The Hall–Kier alpha value is -0.870. The molecule has 0 saturated heterocycles. The molecule has 98 valence electrons. The van der Waals surface area contributed by atoms with Gasteiger partial charge in [-0.25, -0.2) is 0 Å². The second-order valence-electron chi connectivity index (χ2n) is 3.03. The number of nitrogens with two attached hydrogens (primary N) is 1. The average Bonchev–Trinajstić information content (AvgIpc) is 1.99. The molecule has 0 saturated carbocycles. The van der Waals surface area contributed by atoms with Crippen LogP contribution in [0.4, 0.5) is 13.2 Å². The summed E-state index contributed by atoms with van der Waals surface area (Å²) in [6.45, 7) is 3.55. The van der Waals surface area contributed by atoms with Crippen molar-refractivity contribution in [2.45, 2.75) is 25.4 Å². The molecule has 0 heterocycles. The number of carbonyl (C=O) groups is 1. The summed E-state index contributed by atoms with van der Waals surface area (Å²) in [4.78, 5) is 10.0. The maximum Gasteiger partial charge on any atom is 0.522 e. The number of rotatable bonds is 2. The van der Waals surface area contributed by atoms with Gasteiger partial charge in [-0.2, -0.15) is 21.6 Å². The maximum atomic E-state index is 10.7. The van der Waals surface area contributed by atoms with E-state index in [1.54, 1.807) is 13.8 Å². The lowest BCUT2D eigenvalue weighted by Crippen LogP contribution is -2.34. The predicted molar refractivity (Wildman–Crippen MR) is 48.1 cm³/mol. The van der Waals surface area contributed by atoms with E-state index in [0.29, 0.717) is 0 Å². The molecular weight excluding hydrogens is 255 g/mol. The first-order chi connectivity index (χ1) is 6.80. The molecule has 0 spiro atoms. The van der Waals surface area contributed by atoms with Gasteiger partial charge >= 0.3 is 21.6 Å². The minimum atomic E-state index is -5.84. The molecule has 16 heavy (non-hydrogen) atoms. The van der Waals surface area contributed by atoms with Crippen molar-refractivity contribution in [3.8, 4) is 0 Å². The van der Waals surface area contributed by atoms with Crippen LogP contribution in [0.25, 0.3) is 0 Å². The van der Waals surface area contributed by atoms with E-state index in [0.717, 1.165) is 0 Å². The highest BCUT2D eigenvalue weighted by Gasteiger charge is 2.44. The number of alkyl halides is 3. The fourth-order valence-corrected chi connectivity index (χ4v) is 0.285. The van der Waals surface area contributed by atoms with Crippen LogP contribution in [-0.4, -0.2) is 35.6 Å². The third-order valence-electron chi connectivity index (χ3n) is 1.30. The Labute approximate surface area is 90.0 Å². The van der Waals surface area contributed by atoms with Crippen LogP contribution in [-0.2, 0) is 14.9 Å². The predicted octanol–water partition coefficient (Wildman–Crippen LogP) is 0.448. The largest absolute Gasteiger partial charge is 0.522 e. The van der Waals surface area contributed by atoms with Crippen LogP contribution in [0.3, 0.4) is 0 Å². The summed E-state index contributed by atoms with van der Waals surface area (Å²) in [5.41, 5.74) is -0.375. The molecule has 1 atom stereocenters. The number of halogens is 3. The molecule has 0 rings (SSSR count). The molecule has 0 aliphatic carbocycles. The third kappa shape index (κ3) is 7.43. The highest BCUT2D eigenvalue weighted by Crippen LogP contribution is 2.20.